The Morgan fingerprint density at radius 2 is 2.11 bits per heavy atom. The highest BCUT2D eigenvalue weighted by molar-refractivity contribution is 5.94. The third kappa shape index (κ3) is 2.60. The number of carbonyl (C=O) groups is 2. The zero-order chi connectivity index (χ0) is 19.5. The van der Waals surface area contributed by atoms with Gasteiger partial charge < -0.3 is 14.5 Å². The van der Waals surface area contributed by atoms with Gasteiger partial charge >= 0.3 is 5.97 Å². The first-order valence-electron chi connectivity index (χ1n) is 10.3. The van der Waals surface area contributed by atoms with Crippen LogP contribution < -0.4 is 0 Å². The molecular formula is C21H27NO6. The van der Waals surface area contributed by atoms with Gasteiger partial charge in [-0.2, -0.15) is 0 Å². The Hall–Kier alpha value is -1.70. The van der Waals surface area contributed by atoms with Crippen LogP contribution in [-0.2, 0) is 24.0 Å². The molecule has 6 rings (SSSR count). The van der Waals surface area contributed by atoms with Crippen molar-refractivity contribution in [2.45, 2.75) is 70.1 Å². The number of ether oxygens (including phenoxy) is 2. The number of fused-ring (bicyclic) bond motifs is 2. The lowest BCUT2D eigenvalue weighted by atomic mass is 9.57. The fourth-order valence-corrected chi connectivity index (χ4v) is 5.86. The van der Waals surface area contributed by atoms with Gasteiger partial charge in [0, 0.05) is 30.9 Å². The highest BCUT2D eigenvalue weighted by Gasteiger charge is 2.70. The van der Waals surface area contributed by atoms with E-state index >= 15 is 0 Å². The number of carbonyl (C=O) groups excluding carboxylic acids is 2. The summed E-state index contributed by atoms with van der Waals surface area (Å²) < 4.78 is 11.9. The first-order valence-corrected chi connectivity index (χ1v) is 10.3. The Kier molecular flexibility index (Phi) is 4.19. The lowest BCUT2D eigenvalue weighted by molar-refractivity contribution is -0.559. The maximum Gasteiger partial charge on any atom is 0.311 e. The van der Waals surface area contributed by atoms with E-state index in [0.717, 1.165) is 19.3 Å². The number of ketones is 1. The van der Waals surface area contributed by atoms with Gasteiger partial charge in [-0.15, -0.1) is 0 Å². The Morgan fingerprint density at radius 1 is 1.25 bits per heavy atom. The van der Waals surface area contributed by atoms with Gasteiger partial charge in [0.25, 0.3) is 0 Å². The third-order valence-electron chi connectivity index (χ3n) is 7.37. The van der Waals surface area contributed by atoms with E-state index in [4.69, 9.17) is 19.2 Å². The Bertz CT molecular complexity index is 778. The summed E-state index contributed by atoms with van der Waals surface area (Å²) in [7, 11) is 0. The molecule has 4 aliphatic heterocycles. The zero-order valence-corrected chi connectivity index (χ0v) is 16.3. The van der Waals surface area contributed by atoms with Crippen molar-refractivity contribution >= 4 is 11.8 Å². The van der Waals surface area contributed by atoms with E-state index in [1.54, 1.807) is 18.3 Å². The van der Waals surface area contributed by atoms with Crippen molar-refractivity contribution in [1.82, 2.24) is 4.98 Å². The normalized spacial score (nSPS) is 44.5. The molecule has 0 aromatic carbocycles. The van der Waals surface area contributed by atoms with Crippen molar-refractivity contribution in [3.63, 3.8) is 0 Å². The van der Waals surface area contributed by atoms with Gasteiger partial charge in [0.1, 0.15) is 0 Å². The average molecular weight is 389 g/mol. The second-order valence-electron chi connectivity index (χ2n) is 9.00. The highest BCUT2D eigenvalue weighted by Crippen LogP contribution is 2.60. The Labute approximate surface area is 164 Å². The number of esters is 1. The van der Waals surface area contributed by atoms with Crippen LogP contribution in [0.3, 0.4) is 0 Å². The topological polar surface area (TPSA) is 86.9 Å². The predicted octanol–water partition coefficient (Wildman–Crippen LogP) is 3.37. The van der Waals surface area contributed by atoms with Gasteiger partial charge in [-0.05, 0) is 50.7 Å². The molecule has 7 atom stereocenters. The van der Waals surface area contributed by atoms with E-state index in [9.17, 15) is 9.59 Å². The molecular weight excluding hydrogens is 362 g/mol. The van der Waals surface area contributed by atoms with Gasteiger partial charge in [-0.1, -0.05) is 6.92 Å². The van der Waals surface area contributed by atoms with E-state index in [0.29, 0.717) is 24.5 Å². The highest BCUT2D eigenvalue weighted by atomic mass is 17.3. The van der Waals surface area contributed by atoms with Crippen molar-refractivity contribution in [3.8, 4) is 0 Å². The van der Waals surface area contributed by atoms with Gasteiger partial charge in [0.2, 0.25) is 12.1 Å². The molecule has 1 N–H and O–H groups in total. The van der Waals surface area contributed by atoms with E-state index in [2.05, 4.69) is 11.9 Å². The molecule has 5 fully saturated rings. The number of hydrogen-bond acceptors (Lipinski definition) is 6. The van der Waals surface area contributed by atoms with E-state index in [-0.39, 0.29) is 35.9 Å². The van der Waals surface area contributed by atoms with Crippen LogP contribution in [-0.4, -0.2) is 34.4 Å². The number of aromatic nitrogens is 1. The number of hydrogen-bond donors (Lipinski definition) is 1. The maximum atomic E-state index is 12.9. The van der Waals surface area contributed by atoms with Crippen molar-refractivity contribution in [2.75, 3.05) is 0 Å². The average Bonchev–Trinajstić information content (AvgIpc) is 3.11. The molecule has 1 aliphatic carbocycles. The molecule has 0 radical (unpaired) electrons. The van der Waals surface area contributed by atoms with Crippen molar-refractivity contribution in [1.29, 1.82) is 0 Å². The second kappa shape index (κ2) is 6.40. The summed E-state index contributed by atoms with van der Waals surface area (Å²) in [6.45, 7) is 4.07. The van der Waals surface area contributed by atoms with Crippen LogP contribution in [0, 0.1) is 23.7 Å². The lowest BCUT2D eigenvalue weighted by Crippen LogP contribution is -2.70. The van der Waals surface area contributed by atoms with Crippen molar-refractivity contribution < 1.29 is 28.8 Å². The summed E-state index contributed by atoms with van der Waals surface area (Å²) >= 11 is 0. The smallest absolute Gasteiger partial charge is 0.311 e. The van der Waals surface area contributed by atoms with Crippen LogP contribution in [0.15, 0.2) is 18.3 Å². The minimum atomic E-state index is -0.881. The summed E-state index contributed by atoms with van der Waals surface area (Å²) in [5.41, 5.74) is -0.206. The molecule has 1 aromatic heterocycles. The van der Waals surface area contributed by atoms with Crippen LogP contribution in [0.1, 0.15) is 62.9 Å². The molecule has 2 bridgehead atoms. The molecule has 28 heavy (non-hydrogen) atoms. The fourth-order valence-electron chi connectivity index (χ4n) is 5.86. The van der Waals surface area contributed by atoms with Crippen molar-refractivity contribution in [3.05, 3.63) is 24.0 Å². The fraction of sp³-hybridized carbons (Fsp3) is 0.714. The Morgan fingerprint density at radius 3 is 2.89 bits per heavy atom. The first-order chi connectivity index (χ1) is 13.4. The molecule has 0 amide bonds. The molecule has 5 aliphatic rings. The molecule has 5 heterocycles. The quantitative estimate of drug-likeness (QED) is 0.483. The van der Waals surface area contributed by atoms with Crippen LogP contribution in [0.25, 0.3) is 0 Å². The maximum absolute atomic E-state index is 12.9. The first kappa shape index (κ1) is 18.3. The van der Waals surface area contributed by atoms with E-state index in [1.807, 2.05) is 6.92 Å². The van der Waals surface area contributed by atoms with Gasteiger partial charge in [0.15, 0.2) is 11.4 Å². The molecule has 7 nitrogen and oxygen atoms in total. The summed E-state index contributed by atoms with van der Waals surface area (Å²) in [4.78, 5) is 40.1. The van der Waals surface area contributed by atoms with Gasteiger partial charge in [-0.25, -0.2) is 9.78 Å². The standard InChI is InChI=1S/C21H27NO6/c1-12-5-7-15-13(6-8-17(23)16-4-3-11-22-16)18(24)25-19-21(15)14(12)9-10-20(2,26-19)27-28-21/h3-4,11-15,19,22H,5-10H2,1-2H3/t12-,13+,14+,15+,19-,20-,21-/m1/s1. The van der Waals surface area contributed by atoms with Crippen LogP contribution in [0.2, 0.25) is 0 Å². The SMILES string of the molecule is C[C@@H]1CC[C@H]2[C@H](CCC(=O)c3ccc[nH]3)C(=O)O[C@@H]3O[C@@]4(C)CC[C@@H]1[C@]32OO4. The molecule has 4 saturated heterocycles. The molecule has 7 heteroatoms. The van der Waals surface area contributed by atoms with Crippen molar-refractivity contribution in [2.24, 2.45) is 23.7 Å². The summed E-state index contributed by atoms with van der Waals surface area (Å²) in [5, 5.41) is 0. The molecule has 1 saturated carbocycles. The minimum absolute atomic E-state index is 0.00338. The number of H-pyrrole nitrogens is 1. The molecule has 1 spiro atoms. The van der Waals surface area contributed by atoms with E-state index in [1.165, 1.54) is 0 Å². The van der Waals surface area contributed by atoms with Crippen LogP contribution >= 0.6 is 0 Å². The van der Waals surface area contributed by atoms with E-state index < -0.39 is 17.7 Å². The largest absolute Gasteiger partial charge is 0.432 e. The van der Waals surface area contributed by atoms with Crippen LogP contribution in [0.4, 0.5) is 0 Å². The third-order valence-corrected chi connectivity index (χ3v) is 7.37. The summed E-state index contributed by atoms with van der Waals surface area (Å²) in [6.07, 6.45) is 5.21. The number of Topliss-reactive ketones (excluding diaryl/α,β-unsaturated/α-hetero) is 1. The molecule has 1 aromatic rings. The number of aromatic amines is 1. The predicted molar refractivity (Wildman–Crippen MR) is 96.7 cm³/mol. The molecule has 0 unspecified atom stereocenters. The number of nitrogens with one attached hydrogen (secondary N) is 1. The number of rotatable bonds is 4. The van der Waals surface area contributed by atoms with Gasteiger partial charge in [-0.3, -0.25) is 9.59 Å². The van der Waals surface area contributed by atoms with Crippen LogP contribution in [0.5, 0.6) is 0 Å². The summed E-state index contributed by atoms with van der Waals surface area (Å²) in [5.74, 6) is -0.982. The minimum Gasteiger partial charge on any atom is -0.432 e. The molecule has 152 valence electrons. The Balaban J connectivity index is 1.44. The zero-order valence-electron chi connectivity index (χ0n) is 16.3. The summed E-state index contributed by atoms with van der Waals surface area (Å²) in [6, 6.07) is 3.55. The van der Waals surface area contributed by atoms with Gasteiger partial charge in [0.05, 0.1) is 11.6 Å². The lowest BCUT2D eigenvalue weighted by Gasteiger charge is -2.58. The monoisotopic (exact) mass is 389 g/mol. The second-order valence-corrected chi connectivity index (χ2v) is 9.00.